The normalized spacial score (nSPS) is 19.4. The second kappa shape index (κ2) is 6.79. The zero-order valence-corrected chi connectivity index (χ0v) is 16.1. The molecule has 3 amide bonds. The third-order valence-electron chi connectivity index (χ3n) is 4.59. The van der Waals surface area contributed by atoms with Crippen molar-refractivity contribution in [3.63, 3.8) is 0 Å². The van der Waals surface area contributed by atoms with Gasteiger partial charge in [0.05, 0.1) is 12.2 Å². The summed E-state index contributed by atoms with van der Waals surface area (Å²) in [6, 6.07) is 16.2. The molecule has 5 nitrogen and oxygen atoms in total. The van der Waals surface area contributed by atoms with Crippen molar-refractivity contribution in [1.29, 1.82) is 0 Å². The smallest absolute Gasteiger partial charge is 0.319 e. The van der Waals surface area contributed by atoms with E-state index in [1.165, 1.54) is 16.2 Å². The number of carbonyl (C=O) groups is 2. The fraction of sp³-hybridized carbons (Fsp3) is 0.150. The van der Waals surface area contributed by atoms with Gasteiger partial charge in [0, 0.05) is 16.0 Å². The van der Waals surface area contributed by atoms with Crippen LogP contribution in [0.15, 0.2) is 60.0 Å². The first-order chi connectivity index (χ1) is 13.0. The molecule has 1 N–H and O–H groups in total. The van der Waals surface area contributed by atoms with Gasteiger partial charge < -0.3 is 5.32 Å². The van der Waals surface area contributed by atoms with Crippen molar-refractivity contribution in [3.05, 3.63) is 76.3 Å². The first-order valence-corrected chi connectivity index (χ1v) is 9.63. The third kappa shape index (κ3) is 3.22. The summed E-state index contributed by atoms with van der Waals surface area (Å²) in [5.41, 5.74) is 1.31. The predicted molar refractivity (Wildman–Crippen MR) is 105 cm³/mol. The Morgan fingerprint density at radius 3 is 2.52 bits per heavy atom. The van der Waals surface area contributed by atoms with Crippen LogP contribution in [0.3, 0.4) is 0 Å². The van der Waals surface area contributed by atoms with Gasteiger partial charge in [-0.1, -0.05) is 54.1 Å². The van der Waals surface area contributed by atoms with Crippen LogP contribution in [0.4, 0.5) is 4.79 Å². The van der Waals surface area contributed by atoms with E-state index in [2.05, 4.69) is 10.3 Å². The molecule has 3 aromatic rings. The number of rotatable bonds is 4. The minimum atomic E-state index is -1.06. The number of urea groups is 1. The lowest BCUT2D eigenvalue weighted by molar-refractivity contribution is -0.131. The Hall–Kier alpha value is -2.70. The fourth-order valence-corrected chi connectivity index (χ4v) is 4.02. The molecule has 0 aliphatic carbocycles. The monoisotopic (exact) mass is 397 g/mol. The van der Waals surface area contributed by atoms with Crippen molar-refractivity contribution in [2.24, 2.45) is 0 Å². The molecule has 0 spiro atoms. The number of nitrogens with zero attached hydrogens (tertiary/aromatic N) is 2. The van der Waals surface area contributed by atoms with Gasteiger partial charge in [0.25, 0.3) is 5.91 Å². The zero-order valence-electron chi connectivity index (χ0n) is 14.5. The highest BCUT2D eigenvalue weighted by Gasteiger charge is 2.48. The van der Waals surface area contributed by atoms with Crippen LogP contribution in [0, 0.1) is 0 Å². The molecule has 0 bridgehead atoms. The van der Waals surface area contributed by atoms with Gasteiger partial charge in [0.15, 0.2) is 0 Å². The number of nitrogens with one attached hydrogen (secondary N) is 1. The maximum absolute atomic E-state index is 13.0. The maximum atomic E-state index is 13.0. The number of hydrogen-bond donors (Lipinski definition) is 1. The average molecular weight is 398 g/mol. The molecule has 4 rings (SSSR count). The summed E-state index contributed by atoms with van der Waals surface area (Å²) in [4.78, 5) is 31.2. The lowest BCUT2D eigenvalue weighted by Gasteiger charge is -2.21. The Morgan fingerprint density at radius 2 is 1.81 bits per heavy atom. The summed E-state index contributed by atoms with van der Waals surface area (Å²) in [5.74, 6) is -0.278. The molecule has 1 fully saturated rings. The van der Waals surface area contributed by atoms with Crippen molar-refractivity contribution in [1.82, 2.24) is 15.2 Å². The fourth-order valence-electron chi connectivity index (χ4n) is 3.07. The third-order valence-corrected chi connectivity index (χ3v) is 5.78. The summed E-state index contributed by atoms with van der Waals surface area (Å²) in [7, 11) is 0. The van der Waals surface area contributed by atoms with Gasteiger partial charge in [-0.15, -0.1) is 11.3 Å². The molecule has 1 aliphatic heterocycles. The Bertz CT molecular complexity index is 1000. The van der Waals surface area contributed by atoms with Crippen LogP contribution in [0.5, 0.6) is 0 Å². The van der Waals surface area contributed by atoms with Crippen molar-refractivity contribution in [3.8, 4) is 10.6 Å². The van der Waals surface area contributed by atoms with E-state index < -0.39 is 11.6 Å². The standard InChI is InChI=1S/C20H16ClN3O2S/c1-20(14-5-3-2-4-6-14)18(25)24(19(26)23-20)11-16-12-27-17(22-16)13-7-9-15(21)10-8-13/h2-10,12H,11H2,1H3,(H,23,26). The highest BCUT2D eigenvalue weighted by molar-refractivity contribution is 7.13. The van der Waals surface area contributed by atoms with E-state index in [-0.39, 0.29) is 12.5 Å². The minimum Gasteiger partial charge on any atom is -0.319 e. The van der Waals surface area contributed by atoms with Gasteiger partial charge in [-0.05, 0) is 24.6 Å². The summed E-state index contributed by atoms with van der Waals surface area (Å²) >= 11 is 7.39. The molecular formula is C20H16ClN3O2S. The van der Waals surface area contributed by atoms with Crippen molar-refractivity contribution in [2.45, 2.75) is 19.0 Å². The van der Waals surface area contributed by atoms with Crippen LogP contribution in [0.1, 0.15) is 18.2 Å². The number of halogens is 1. The van der Waals surface area contributed by atoms with Crippen LogP contribution >= 0.6 is 22.9 Å². The lowest BCUT2D eigenvalue weighted by atomic mass is 9.92. The minimum absolute atomic E-state index is 0.136. The first kappa shape index (κ1) is 17.7. The summed E-state index contributed by atoms with van der Waals surface area (Å²) in [5, 5.41) is 6.15. The van der Waals surface area contributed by atoms with Gasteiger partial charge in [-0.2, -0.15) is 0 Å². The van der Waals surface area contributed by atoms with Crippen LogP contribution in [-0.4, -0.2) is 21.8 Å². The highest BCUT2D eigenvalue weighted by Crippen LogP contribution is 2.31. The van der Waals surface area contributed by atoms with Crippen molar-refractivity contribution in [2.75, 3.05) is 0 Å². The Kier molecular flexibility index (Phi) is 4.45. The highest BCUT2D eigenvalue weighted by atomic mass is 35.5. The van der Waals surface area contributed by atoms with E-state index in [1.54, 1.807) is 19.1 Å². The second-order valence-corrected chi connectivity index (χ2v) is 7.76. The zero-order chi connectivity index (χ0) is 19.0. The van der Waals surface area contributed by atoms with E-state index in [4.69, 9.17) is 11.6 Å². The number of amides is 3. The second-order valence-electron chi connectivity index (χ2n) is 6.46. The van der Waals surface area contributed by atoms with E-state index >= 15 is 0 Å². The molecule has 1 unspecified atom stereocenters. The molecule has 1 saturated heterocycles. The molecule has 2 heterocycles. The number of imide groups is 1. The van der Waals surface area contributed by atoms with Crippen LogP contribution in [0.2, 0.25) is 5.02 Å². The summed E-state index contributed by atoms with van der Waals surface area (Å²) < 4.78 is 0. The molecule has 136 valence electrons. The Balaban J connectivity index is 1.56. The van der Waals surface area contributed by atoms with Gasteiger partial charge in [0.2, 0.25) is 0 Å². The maximum Gasteiger partial charge on any atom is 0.325 e. The first-order valence-electron chi connectivity index (χ1n) is 8.37. The summed E-state index contributed by atoms with van der Waals surface area (Å²) in [6.45, 7) is 1.86. The van der Waals surface area contributed by atoms with E-state index in [0.29, 0.717) is 10.7 Å². The molecular weight excluding hydrogens is 382 g/mol. The van der Waals surface area contributed by atoms with Gasteiger partial charge in [-0.3, -0.25) is 9.69 Å². The quantitative estimate of drug-likeness (QED) is 0.662. The van der Waals surface area contributed by atoms with Crippen LogP contribution < -0.4 is 5.32 Å². The van der Waals surface area contributed by atoms with Gasteiger partial charge >= 0.3 is 6.03 Å². The molecule has 1 aliphatic rings. The average Bonchev–Trinajstić information content (AvgIpc) is 3.23. The van der Waals surface area contributed by atoms with Gasteiger partial charge in [0.1, 0.15) is 10.5 Å². The van der Waals surface area contributed by atoms with E-state index in [1.807, 2.05) is 47.8 Å². The van der Waals surface area contributed by atoms with E-state index in [0.717, 1.165) is 16.1 Å². The predicted octanol–water partition coefficient (Wildman–Crippen LogP) is 4.43. The molecule has 1 atom stereocenters. The number of hydrogen-bond acceptors (Lipinski definition) is 4. The van der Waals surface area contributed by atoms with Crippen LogP contribution in [0.25, 0.3) is 10.6 Å². The SMILES string of the molecule is CC1(c2ccccc2)NC(=O)N(Cc2csc(-c3ccc(Cl)cc3)n2)C1=O. The summed E-state index contributed by atoms with van der Waals surface area (Å²) in [6.07, 6.45) is 0. The molecule has 0 saturated carbocycles. The molecule has 0 radical (unpaired) electrons. The molecule has 2 aromatic carbocycles. The van der Waals surface area contributed by atoms with Gasteiger partial charge in [-0.25, -0.2) is 9.78 Å². The number of aromatic nitrogens is 1. The number of thiazole rings is 1. The Morgan fingerprint density at radius 1 is 1.11 bits per heavy atom. The van der Waals surface area contributed by atoms with E-state index in [9.17, 15) is 9.59 Å². The van der Waals surface area contributed by atoms with Crippen molar-refractivity contribution >= 4 is 34.9 Å². The molecule has 1 aromatic heterocycles. The topological polar surface area (TPSA) is 62.3 Å². The number of benzene rings is 2. The number of carbonyl (C=O) groups excluding carboxylic acids is 2. The van der Waals surface area contributed by atoms with Crippen LogP contribution in [-0.2, 0) is 16.9 Å². The molecule has 7 heteroatoms. The lowest BCUT2D eigenvalue weighted by Crippen LogP contribution is -2.40. The van der Waals surface area contributed by atoms with Crippen molar-refractivity contribution < 1.29 is 9.59 Å². The Labute approximate surface area is 165 Å². The molecule has 27 heavy (non-hydrogen) atoms. The largest absolute Gasteiger partial charge is 0.325 e.